The highest BCUT2D eigenvalue weighted by molar-refractivity contribution is 9.09. The molecule has 0 aliphatic carbocycles. The Labute approximate surface area is 123 Å². The summed E-state index contributed by atoms with van der Waals surface area (Å²) in [6, 6.07) is 3.06. The Morgan fingerprint density at radius 3 is 2.40 bits per heavy atom. The molecule has 0 radical (unpaired) electrons. The number of hydrogen-bond donors (Lipinski definition) is 0. The van der Waals surface area contributed by atoms with E-state index in [1.54, 1.807) is 0 Å². The average molecular weight is 379 g/mol. The van der Waals surface area contributed by atoms with Crippen LogP contribution >= 0.6 is 27.7 Å². The smallest absolute Gasteiger partial charge is 0.435 e. The van der Waals surface area contributed by atoms with Crippen LogP contribution in [0.3, 0.4) is 0 Å². The first kappa shape index (κ1) is 17.2. The van der Waals surface area contributed by atoms with Crippen molar-refractivity contribution in [3.8, 4) is 5.75 Å². The highest BCUT2D eigenvalue weighted by atomic mass is 79.9. The first-order valence-corrected chi connectivity index (χ1v) is 6.82. The molecule has 1 unspecified atom stereocenters. The van der Waals surface area contributed by atoms with Gasteiger partial charge in [0.25, 0.3) is 0 Å². The summed E-state index contributed by atoms with van der Waals surface area (Å²) >= 11 is 2.47. The maximum Gasteiger partial charge on any atom is 0.446 e. The van der Waals surface area contributed by atoms with E-state index < -0.39 is 40.2 Å². The van der Waals surface area contributed by atoms with Crippen LogP contribution in [0.1, 0.15) is 17.3 Å². The van der Waals surface area contributed by atoms with Crippen molar-refractivity contribution in [2.75, 3.05) is 0 Å². The first-order chi connectivity index (χ1) is 9.10. The quantitative estimate of drug-likeness (QED) is 0.413. The van der Waals surface area contributed by atoms with Gasteiger partial charge in [0, 0.05) is 4.90 Å². The number of alkyl halides is 6. The zero-order valence-electron chi connectivity index (χ0n) is 9.88. The fraction of sp³-hybridized carbons (Fsp3) is 0.364. The minimum absolute atomic E-state index is 0.0430. The molecule has 1 aromatic rings. The molecule has 0 aromatic heterocycles. The lowest BCUT2D eigenvalue weighted by molar-refractivity contribution is -0.116. The monoisotopic (exact) mass is 378 g/mol. The molecule has 1 rings (SSSR count). The molecule has 0 aliphatic heterocycles. The molecule has 0 aliphatic rings. The van der Waals surface area contributed by atoms with Crippen LogP contribution in [0.2, 0.25) is 0 Å². The highest BCUT2D eigenvalue weighted by Crippen LogP contribution is 2.43. The second-order valence-electron chi connectivity index (χ2n) is 3.60. The number of thioether (sulfide) groups is 1. The van der Waals surface area contributed by atoms with Gasteiger partial charge in [-0.15, -0.1) is 0 Å². The van der Waals surface area contributed by atoms with Crippen molar-refractivity contribution >= 4 is 33.5 Å². The Balaban J connectivity index is 3.19. The summed E-state index contributed by atoms with van der Waals surface area (Å²) in [5.41, 5.74) is -4.57. The van der Waals surface area contributed by atoms with Crippen molar-refractivity contribution < 1.29 is 31.5 Å². The molecule has 9 heteroatoms. The number of hydrogen-bond acceptors (Lipinski definition) is 3. The van der Waals surface area contributed by atoms with Gasteiger partial charge in [0.05, 0.1) is 4.83 Å². The topological polar surface area (TPSA) is 26.3 Å². The van der Waals surface area contributed by atoms with Gasteiger partial charge in [0.1, 0.15) is 11.5 Å². The zero-order valence-corrected chi connectivity index (χ0v) is 12.3. The summed E-state index contributed by atoms with van der Waals surface area (Å²) in [5.74, 6) is -0.810. The molecule has 0 heterocycles. The predicted molar refractivity (Wildman–Crippen MR) is 67.3 cm³/mol. The fourth-order valence-corrected chi connectivity index (χ4v) is 2.61. The van der Waals surface area contributed by atoms with Gasteiger partial charge in [0.15, 0.2) is 0 Å². The maximum atomic E-state index is 12.5. The number of ketones is 1. The van der Waals surface area contributed by atoms with E-state index in [-0.39, 0.29) is 10.5 Å². The number of carbonyl (C=O) groups excluding carboxylic acids is 1. The number of Topliss-reactive ketones (excluding diaryl/α,β-unsaturated/α-hetero) is 1. The molecule has 20 heavy (non-hydrogen) atoms. The molecule has 0 spiro atoms. The van der Waals surface area contributed by atoms with Gasteiger partial charge in [-0.25, -0.2) is 0 Å². The third-order valence-electron chi connectivity index (χ3n) is 2.07. The van der Waals surface area contributed by atoms with E-state index in [0.717, 1.165) is 18.2 Å². The van der Waals surface area contributed by atoms with Crippen molar-refractivity contribution in [2.45, 2.75) is 28.8 Å². The van der Waals surface area contributed by atoms with E-state index >= 15 is 0 Å². The first-order valence-electron chi connectivity index (χ1n) is 5.09. The van der Waals surface area contributed by atoms with Crippen molar-refractivity contribution in [3.63, 3.8) is 0 Å². The van der Waals surface area contributed by atoms with E-state index in [4.69, 9.17) is 0 Å². The van der Waals surface area contributed by atoms with E-state index in [1.165, 1.54) is 6.92 Å². The minimum Gasteiger partial charge on any atom is -0.435 e. The Kier molecular flexibility index (Phi) is 5.81. The lowest BCUT2D eigenvalue weighted by Gasteiger charge is -2.15. The minimum atomic E-state index is -4.61. The van der Waals surface area contributed by atoms with Gasteiger partial charge in [-0.2, -0.15) is 22.0 Å². The van der Waals surface area contributed by atoms with Gasteiger partial charge >= 0.3 is 12.1 Å². The summed E-state index contributed by atoms with van der Waals surface area (Å²) in [4.78, 5) is 9.92. The van der Waals surface area contributed by atoms with Gasteiger partial charge in [-0.3, -0.25) is 4.79 Å². The Morgan fingerprint density at radius 2 is 1.95 bits per heavy atom. The van der Waals surface area contributed by atoms with Crippen LogP contribution in [0.15, 0.2) is 23.1 Å². The molecule has 0 saturated heterocycles. The third-order valence-corrected chi connectivity index (χ3v) is 4.01. The Hall–Kier alpha value is -0.830. The van der Waals surface area contributed by atoms with E-state index in [2.05, 4.69) is 20.7 Å². The molecule has 0 saturated carbocycles. The standard InChI is InChI=1S/C11H8BrF5O2S/c1-5(18)9(12)7-3-2-6(19-10(13)14)4-8(7)20-11(15,16)17/h2-4,9-10H,1H3. The molecule has 0 amide bonds. The third kappa shape index (κ3) is 5.28. The molecule has 0 fully saturated rings. The van der Waals surface area contributed by atoms with Crippen LogP contribution in [-0.2, 0) is 4.79 Å². The molecule has 1 aromatic carbocycles. The summed E-state index contributed by atoms with van der Waals surface area (Å²) in [7, 11) is 0. The molecular formula is C11H8BrF5O2S. The summed E-state index contributed by atoms with van der Waals surface area (Å²) in [5, 5.41) is 0. The molecular weight excluding hydrogens is 371 g/mol. The normalized spacial score (nSPS) is 13.4. The molecule has 2 nitrogen and oxygen atoms in total. The summed E-state index contributed by atoms with van der Waals surface area (Å²) < 4.78 is 65.5. The largest absolute Gasteiger partial charge is 0.446 e. The molecule has 0 N–H and O–H groups in total. The van der Waals surface area contributed by atoms with Crippen LogP contribution in [0, 0.1) is 0 Å². The van der Waals surface area contributed by atoms with Crippen LogP contribution in [-0.4, -0.2) is 17.9 Å². The average Bonchev–Trinajstić information content (AvgIpc) is 2.25. The van der Waals surface area contributed by atoms with Crippen molar-refractivity contribution in [1.82, 2.24) is 0 Å². The number of halogens is 6. The number of rotatable bonds is 5. The second kappa shape index (κ2) is 6.75. The van der Waals surface area contributed by atoms with Gasteiger partial charge in [-0.1, -0.05) is 22.0 Å². The number of ether oxygens (including phenoxy) is 1. The van der Waals surface area contributed by atoms with Crippen LogP contribution in [0.25, 0.3) is 0 Å². The van der Waals surface area contributed by atoms with Crippen molar-refractivity contribution in [1.29, 1.82) is 0 Å². The van der Waals surface area contributed by atoms with Crippen molar-refractivity contribution in [3.05, 3.63) is 23.8 Å². The van der Waals surface area contributed by atoms with Gasteiger partial charge in [-0.05, 0) is 36.4 Å². The highest BCUT2D eigenvalue weighted by Gasteiger charge is 2.32. The van der Waals surface area contributed by atoms with E-state index in [0.29, 0.717) is 0 Å². The Morgan fingerprint density at radius 1 is 1.35 bits per heavy atom. The van der Waals surface area contributed by atoms with E-state index in [1.807, 2.05) is 0 Å². The lowest BCUT2D eigenvalue weighted by atomic mass is 10.1. The van der Waals surface area contributed by atoms with Crippen LogP contribution < -0.4 is 4.74 Å². The van der Waals surface area contributed by atoms with Crippen molar-refractivity contribution in [2.24, 2.45) is 0 Å². The second-order valence-corrected chi connectivity index (χ2v) is 5.62. The van der Waals surface area contributed by atoms with Gasteiger partial charge in [0.2, 0.25) is 0 Å². The molecule has 0 bridgehead atoms. The summed E-state index contributed by atoms with van der Waals surface area (Å²) in [6.45, 7) is -1.94. The summed E-state index contributed by atoms with van der Waals surface area (Å²) in [6.07, 6.45) is 0. The number of benzene rings is 1. The molecule has 112 valence electrons. The van der Waals surface area contributed by atoms with Crippen LogP contribution in [0.4, 0.5) is 22.0 Å². The zero-order chi connectivity index (χ0) is 15.5. The predicted octanol–water partition coefficient (Wildman–Crippen LogP) is 4.92. The lowest BCUT2D eigenvalue weighted by Crippen LogP contribution is -2.07. The van der Waals surface area contributed by atoms with Gasteiger partial charge < -0.3 is 4.74 Å². The number of carbonyl (C=O) groups is 1. The van der Waals surface area contributed by atoms with Crippen LogP contribution in [0.5, 0.6) is 5.75 Å². The maximum absolute atomic E-state index is 12.5. The Bertz CT molecular complexity index is 492. The fourth-order valence-electron chi connectivity index (χ4n) is 1.33. The SMILES string of the molecule is CC(=O)C(Br)c1ccc(OC(F)F)cc1SC(F)(F)F. The molecule has 1 atom stereocenters. The van der Waals surface area contributed by atoms with E-state index in [9.17, 15) is 26.7 Å².